The van der Waals surface area contributed by atoms with E-state index in [2.05, 4.69) is 15.3 Å². The lowest BCUT2D eigenvalue weighted by Gasteiger charge is -2.18. The predicted molar refractivity (Wildman–Crippen MR) is 84.6 cm³/mol. The second kappa shape index (κ2) is 6.79. The summed E-state index contributed by atoms with van der Waals surface area (Å²) >= 11 is 0. The molecule has 1 atom stereocenters. The first-order chi connectivity index (χ1) is 11.5. The number of rotatable bonds is 4. The van der Waals surface area contributed by atoms with Gasteiger partial charge in [-0.15, -0.1) is 0 Å². The molecule has 0 unspecified atom stereocenters. The lowest BCUT2D eigenvalue weighted by atomic mass is 10.0. The topological polar surface area (TPSA) is 75.1 Å². The van der Waals surface area contributed by atoms with E-state index in [4.69, 9.17) is 0 Å². The Kier molecular flexibility index (Phi) is 5.12. The van der Waals surface area contributed by atoms with Gasteiger partial charge in [-0.3, -0.25) is 14.8 Å². The third-order valence-corrected chi connectivity index (χ3v) is 3.57. The van der Waals surface area contributed by atoms with E-state index in [1.807, 2.05) is 0 Å². The smallest absolute Gasteiger partial charge is 0.384 e. The standard InChI is InChI=1S/C17H18F3N3O2/c1-10(12-4-5-13(22-9-12)17(18,19)20)23-15(24)11-6-7-21-14(8-11)16(2,3)25/h4-10,25H,1-3H3,(H,23,24)/t10-/m1/s1. The van der Waals surface area contributed by atoms with Crippen LogP contribution in [0.25, 0.3) is 0 Å². The number of halogens is 3. The summed E-state index contributed by atoms with van der Waals surface area (Å²) in [5, 5.41) is 12.6. The molecule has 0 saturated carbocycles. The van der Waals surface area contributed by atoms with Crippen molar-refractivity contribution in [3.8, 4) is 0 Å². The first-order valence-corrected chi connectivity index (χ1v) is 7.51. The summed E-state index contributed by atoms with van der Waals surface area (Å²) in [4.78, 5) is 19.7. The van der Waals surface area contributed by atoms with Gasteiger partial charge in [0.25, 0.3) is 5.91 Å². The third kappa shape index (κ3) is 4.76. The first kappa shape index (κ1) is 18.9. The van der Waals surface area contributed by atoms with Crippen molar-refractivity contribution in [1.82, 2.24) is 15.3 Å². The van der Waals surface area contributed by atoms with Crippen LogP contribution in [0.2, 0.25) is 0 Å². The Morgan fingerprint density at radius 3 is 2.36 bits per heavy atom. The van der Waals surface area contributed by atoms with Crippen LogP contribution in [0, 0.1) is 0 Å². The summed E-state index contributed by atoms with van der Waals surface area (Å²) < 4.78 is 37.6. The van der Waals surface area contributed by atoms with Gasteiger partial charge in [-0.2, -0.15) is 13.2 Å². The largest absolute Gasteiger partial charge is 0.433 e. The number of aromatic nitrogens is 2. The third-order valence-electron chi connectivity index (χ3n) is 3.57. The molecule has 0 radical (unpaired) electrons. The lowest BCUT2D eigenvalue weighted by Crippen LogP contribution is -2.27. The summed E-state index contributed by atoms with van der Waals surface area (Å²) in [5.41, 5.74) is -1.11. The van der Waals surface area contributed by atoms with E-state index in [1.165, 1.54) is 24.4 Å². The van der Waals surface area contributed by atoms with Crippen LogP contribution in [0.4, 0.5) is 13.2 Å². The quantitative estimate of drug-likeness (QED) is 0.885. The molecule has 0 aliphatic rings. The Balaban J connectivity index is 2.12. The zero-order valence-electron chi connectivity index (χ0n) is 13.9. The van der Waals surface area contributed by atoms with Gasteiger partial charge in [0.2, 0.25) is 0 Å². The highest BCUT2D eigenvalue weighted by molar-refractivity contribution is 5.94. The van der Waals surface area contributed by atoms with Crippen molar-refractivity contribution in [2.24, 2.45) is 0 Å². The maximum Gasteiger partial charge on any atom is 0.433 e. The van der Waals surface area contributed by atoms with Crippen LogP contribution < -0.4 is 5.32 Å². The molecular formula is C17H18F3N3O2. The minimum Gasteiger partial charge on any atom is -0.384 e. The van der Waals surface area contributed by atoms with Crippen molar-refractivity contribution < 1.29 is 23.1 Å². The molecule has 2 heterocycles. The minimum atomic E-state index is -4.50. The maximum atomic E-state index is 12.5. The molecule has 1 amide bonds. The number of carbonyl (C=O) groups is 1. The van der Waals surface area contributed by atoms with Crippen LogP contribution in [0.3, 0.4) is 0 Å². The van der Waals surface area contributed by atoms with Crippen molar-refractivity contribution in [2.75, 3.05) is 0 Å². The molecule has 0 aliphatic carbocycles. The van der Waals surface area contributed by atoms with Crippen molar-refractivity contribution in [1.29, 1.82) is 0 Å². The number of nitrogens with one attached hydrogen (secondary N) is 1. The molecule has 0 aromatic carbocycles. The normalized spacial score (nSPS) is 13.4. The summed E-state index contributed by atoms with van der Waals surface area (Å²) in [5.74, 6) is -0.430. The fourth-order valence-electron chi connectivity index (χ4n) is 2.10. The van der Waals surface area contributed by atoms with E-state index < -0.39 is 29.4 Å². The molecule has 2 N–H and O–H groups in total. The van der Waals surface area contributed by atoms with Crippen molar-refractivity contribution in [3.05, 3.63) is 59.2 Å². The van der Waals surface area contributed by atoms with Gasteiger partial charge in [0.05, 0.1) is 11.7 Å². The summed E-state index contributed by atoms with van der Waals surface area (Å²) in [6, 6.07) is 4.56. The Hall–Kier alpha value is -2.48. The van der Waals surface area contributed by atoms with Gasteiger partial charge >= 0.3 is 6.18 Å². The number of carbonyl (C=O) groups excluding carboxylic acids is 1. The van der Waals surface area contributed by atoms with E-state index >= 15 is 0 Å². The molecule has 25 heavy (non-hydrogen) atoms. The van der Waals surface area contributed by atoms with E-state index in [0.29, 0.717) is 16.8 Å². The lowest BCUT2D eigenvalue weighted by molar-refractivity contribution is -0.141. The zero-order chi connectivity index (χ0) is 18.8. The van der Waals surface area contributed by atoms with Gasteiger partial charge in [0.1, 0.15) is 11.3 Å². The van der Waals surface area contributed by atoms with Gasteiger partial charge in [0.15, 0.2) is 0 Å². The second-order valence-corrected chi connectivity index (χ2v) is 6.16. The van der Waals surface area contributed by atoms with E-state index in [9.17, 15) is 23.1 Å². The van der Waals surface area contributed by atoms with Crippen molar-refractivity contribution in [3.63, 3.8) is 0 Å². The number of amides is 1. The number of hydrogen-bond donors (Lipinski definition) is 2. The average Bonchev–Trinajstić information content (AvgIpc) is 2.53. The van der Waals surface area contributed by atoms with Crippen LogP contribution in [-0.4, -0.2) is 21.0 Å². The Morgan fingerprint density at radius 2 is 1.84 bits per heavy atom. The predicted octanol–water partition coefficient (Wildman–Crippen LogP) is 3.21. The molecule has 2 aromatic rings. The van der Waals surface area contributed by atoms with Crippen LogP contribution >= 0.6 is 0 Å². The molecule has 0 spiro atoms. The Labute approximate surface area is 142 Å². The van der Waals surface area contributed by atoms with Crippen LogP contribution in [0.5, 0.6) is 0 Å². The second-order valence-electron chi connectivity index (χ2n) is 6.16. The highest BCUT2D eigenvalue weighted by atomic mass is 19.4. The maximum absolute atomic E-state index is 12.5. The molecule has 0 fully saturated rings. The Morgan fingerprint density at radius 1 is 1.16 bits per heavy atom. The average molecular weight is 353 g/mol. The van der Waals surface area contributed by atoms with Gasteiger partial charge in [0, 0.05) is 18.0 Å². The van der Waals surface area contributed by atoms with Gasteiger partial charge in [-0.1, -0.05) is 6.07 Å². The summed E-state index contributed by atoms with van der Waals surface area (Å²) in [7, 11) is 0. The molecule has 5 nitrogen and oxygen atoms in total. The molecule has 0 aliphatic heterocycles. The van der Waals surface area contributed by atoms with Crippen molar-refractivity contribution in [2.45, 2.75) is 38.6 Å². The van der Waals surface area contributed by atoms with E-state index in [1.54, 1.807) is 20.8 Å². The molecule has 8 heteroatoms. The van der Waals surface area contributed by atoms with Crippen LogP contribution in [0.15, 0.2) is 36.7 Å². The fourth-order valence-corrected chi connectivity index (χ4v) is 2.10. The summed E-state index contributed by atoms with van der Waals surface area (Å²) in [6.07, 6.45) is -2.01. The van der Waals surface area contributed by atoms with E-state index in [-0.39, 0.29) is 0 Å². The highest BCUT2D eigenvalue weighted by Crippen LogP contribution is 2.28. The molecule has 2 rings (SSSR count). The molecule has 2 aromatic heterocycles. The SMILES string of the molecule is C[C@@H](NC(=O)c1ccnc(C(C)(C)O)c1)c1ccc(C(F)(F)F)nc1. The van der Waals surface area contributed by atoms with Gasteiger partial charge in [-0.25, -0.2) is 0 Å². The van der Waals surface area contributed by atoms with Crippen LogP contribution in [0.1, 0.15) is 54.1 Å². The molecule has 134 valence electrons. The van der Waals surface area contributed by atoms with Gasteiger partial charge in [-0.05, 0) is 44.5 Å². The minimum absolute atomic E-state index is 0.291. The molecule has 0 saturated heterocycles. The number of hydrogen-bond acceptors (Lipinski definition) is 4. The van der Waals surface area contributed by atoms with Gasteiger partial charge < -0.3 is 10.4 Å². The van der Waals surface area contributed by atoms with Crippen molar-refractivity contribution >= 4 is 5.91 Å². The number of pyridine rings is 2. The number of aliphatic hydroxyl groups is 1. The Bertz CT molecular complexity index is 753. The van der Waals surface area contributed by atoms with Crippen LogP contribution in [-0.2, 0) is 11.8 Å². The molecule has 0 bridgehead atoms. The molecular weight excluding hydrogens is 335 g/mol. The highest BCUT2D eigenvalue weighted by Gasteiger charge is 2.32. The monoisotopic (exact) mass is 353 g/mol. The first-order valence-electron chi connectivity index (χ1n) is 7.51. The zero-order valence-corrected chi connectivity index (χ0v) is 13.9. The fraction of sp³-hybridized carbons (Fsp3) is 0.353. The van der Waals surface area contributed by atoms with E-state index in [0.717, 1.165) is 12.3 Å². The number of alkyl halides is 3. The summed E-state index contributed by atoms with van der Waals surface area (Å²) in [6.45, 7) is 4.74. The number of nitrogens with zero attached hydrogens (tertiary/aromatic N) is 2.